The standard InChI is InChI=1S/C12H20F3N3O/c1-11(2)9-4-16-3-8(9)5-18(11)6-10(19)17-7-12(13,14)15/h8-9,16H,3-7H2,1-2H3,(H,17,19). The van der Waals surface area contributed by atoms with Crippen molar-refractivity contribution in [3.05, 3.63) is 0 Å². The van der Waals surface area contributed by atoms with Crippen LogP contribution in [-0.2, 0) is 4.79 Å². The number of rotatable bonds is 3. The summed E-state index contributed by atoms with van der Waals surface area (Å²) in [5.41, 5.74) is -0.149. The molecule has 110 valence electrons. The number of amides is 1. The van der Waals surface area contributed by atoms with Gasteiger partial charge in [0.1, 0.15) is 6.54 Å². The Morgan fingerprint density at radius 3 is 2.68 bits per heavy atom. The molecule has 0 aromatic heterocycles. The summed E-state index contributed by atoms with van der Waals surface area (Å²) in [6, 6.07) is 0. The zero-order valence-electron chi connectivity index (χ0n) is 11.2. The fraction of sp³-hybridized carbons (Fsp3) is 0.917. The summed E-state index contributed by atoms with van der Waals surface area (Å²) in [6.45, 7) is 5.51. The predicted octanol–water partition coefficient (Wildman–Crippen LogP) is 0.595. The van der Waals surface area contributed by atoms with Crippen LogP contribution >= 0.6 is 0 Å². The molecule has 1 amide bonds. The molecular weight excluding hydrogens is 259 g/mol. The van der Waals surface area contributed by atoms with E-state index in [1.807, 2.05) is 10.2 Å². The molecule has 0 bridgehead atoms. The Bertz CT molecular complexity index is 357. The van der Waals surface area contributed by atoms with Crippen molar-refractivity contribution in [2.45, 2.75) is 25.6 Å². The molecule has 0 spiro atoms. The number of fused-ring (bicyclic) bond motifs is 1. The number of carbonyl (C=O) groups is 1. The van der Waals surface area contributed by atoms with Crippen molar-refractivity contribution >= 4 is 5.91 Å². The Balaban J connectivity index is 1.88. The van der Waals surface area contributed by atoms with Crippen molar-refractivity contribution in [1.29, 1.82) is 0 Å². The van der Waals surface area contributed by atoms with Crippen LogP contribution in [0.4, 0.5) is 13.2 Å². The van der Waals surface area contributed by atoms with Crippen LogP contribution in [0.25, 0.3) is 0 Å². The van der Waals surface area contributed by atoms with Crippen molar-refractivity contribution in [3.8, 4) is 0 Å². The molecule has 2 N–H and O–H groups in total. The number of alkyl halides is 3. The second-order valence-electron chi connectivity index (χ2n) is 5.95. The zero-order valence-corrected chi connectivity index (χ0v) is 11.2. The van der Waals surface area contributed by atoms with Gasteiger partial charge in [-0.15, -0.1) is 0 Å². The monoisotopic (exact) mass is 279 g/mol. The molecule has 19 heavy (non-hydrogen) atoms. The maximum absolute atomic E-state index is 12.0. The molecule has 2 aliphatic heterocycles. The lowest BCUT2D eigenvalue weighted by Gasteiger charge is -2.35. The van der Waals surface area contributed by atoms with Gasteiger partial charge < -0.3 is 10.6 Å². The SMILES string of the molecule is CC1(C)C2CNCC2CN1CC(=O)NCC(F)(F)F. The molecule has 2 rings (SSSR count). The second-order valence-corrected chi connectivity index (χ2v) is 5.95. The first-order valence-electron chi connectivity index (χ1n) is 6.49. The third-order valence-corrected chi connectivity index (χ3v) is 4.34. The maximum Gasteiger partial charge on any atom is 0.405 e. The summed E-state index contributed by atoms with van der Waals surface area (Å²) >= 11 is 0. The minimum atomic E-state index is -4.35. The van der Waals surface area contributed by atoms with Gasteiger partial charge in [-0.1, -0.05) is 0 Å². The van der Waals surface area contributed by atoms with Crippen LogP contribution in [0.1, 0.15) is 13.8 Å². The average molecular weight is 279 g/mol. The molecule has 0 saturated carbocycles. The van der Waals surface area contributed by atoms with Crippen molar-refractivity contribution in [3.63, 3.8) is 0 Å². The molecule has 2 fully saturated rings. The number of carbonyl (C=O) groups excluding carboxylic acids is 1. The van der Waals surface area contributed by atoms with Gasteiger partial charge >= 0.3 is 6.18 Å². The Morgan fingerprint density at radius 1 is 1.42 bits per heavy atom. The summed E-state index contributed by atoms with van der Waals surface area (Å²) in [6.07, 6.45) is -4.35. The van der Waals surface area contributed by atoms with Crippen molar-refractivity contribution < 1.29 is 18.0 Å². The van der Waals surface area contributed by atoms with E-state index in [9.17, 15) is 18.0 Å². The molecule has 2 heterocycles. The van der Waals surface area contributed by atoms with Crippen LogP contribution in [0.15, 0.2) is 0 Å². The van der Waals surface area contributed by atoms with Gasteiger partial charge in [-0.3, -0.25) is 9.69 Å². The molecular formula is C12H20F3N3O. The summed E-state index contributed by atoms with van der Waals surface area (Å²) < 4.78 is 36.1. The summed E-state index contributed by atoms with van der Waals surface area (Å²) in [4.78, 5) is 13.6. The van der Waals surface area contributed by atoms with Gasteiger partial charge in [0, 0.05) is 18.6 Å². The first-order chi connectivity index (χ1) is 8.70. The topological polar surface area (TPSA) is 44.4 Å². The number of nitrogens with one attached hydrogen (secondary N) is 2. The first kappa shape index (κ1) is 14.6. The normalized spacial score (nSPS) is 30.4. The van der Waals surface area contributed by atoms with Gasteiger partial charge in [0.05, 0.1) is 6.54 Å². The molecule has 0 aliphatic carbocycles. The Hall–Kier alpha value is -0.820. The summed E-state index contributed by atoms with van der Waals surface area (Å²) in [5, 5.41) is 5.25. The maximum atomic E-state index is 12.0. The summed E-state index contributed by atoms with van der Waals surface area (Å²) in [7, 11) is 0. The quantitative estimate of drug-likeness (QED) is 0.795. The lowest BCUT2D eigenvalue weighted by molar-refractivity contribution is -0.139. The van der Waals surface area contributed by atoms with Gasteiger partial charge in [-0.05, 0) is 32.2 Å². The lowest BCUT2D eigenvalue weighted by Crippen LogP contribution is -2.49. The van der Waals surface area contributed by atoms with E-state index in [1.165, 1.54) is 0 Å². The van der Waals surface area contributed by atoms with E-state index in [0.717, 1.165) is 19.6 Å². The number of hydrogen-bond acceptors (Lipinski definition) is 3. The molecule has 2 unspecified atom stereocenters. The van der Waals surface area contributed by atoms with Gasteiger partial charge in [0.2, 0.25) is 5.91 Å². The van der Waals surface area contributed by atoms with Crippen molar-refractivity contribution in [2.75, 3.05) is 32.7 Å². The molecule has 0 aromatic carbocycles. The van der Waals surface area contributed by atoms with Crippen molar-refractivity contribution in [2.24, 2.45) is 11.8 Å². The highest BCUT2D eigenvalue weighted by atomic mass is 19.4. The number of hydrogen-bond donors (Lipinski definition) is 2. The first-order valence-corrected chi connectivity index (χ1v) is 6.49. The van der Waals surface area contributed by atoms with Crippen LogP contribution in [-0.4, -0.2) is 55.2 Å². The Labute approximate surface area is 110 Å². The van der Waals surface area contributed by atoms with E-state index in [2.05, 4.69) is 19.2 Å². The molecule has 0 aromatic rings. The average Bonchev–Trinajstić information content (AvgIpc) is 2.80. The van der Waals surface area contributed by atoms with Crippen LogP contribution in [0.5, 0.6) is 0 Å². The fourth-order valence-electron chi connectivity index (χ4n) is 3.20. The number of likely N-dealkylation sites (tertiary alicyclic amines) is 1. The minimum absolute atomic E-state index is 0.0378. The van der Waals surface area contributed by atoms with Crippen LogP contribution in [0.3, 0.4) is 0 Å². The van der Waals surface area contributed by atoms with E-state index in [-0.39, 0.29) is 12.1 Å². The molecule has 2 aliphatic rings. The summed E-state index contributed by atoms with van der Waals surface area (Å²) in [5.74, 6) is 0.395. The molecule has 7 heteroatoms. The minimum Gasteiger partial charge on any atom is -0.346 e. The van der Waals surface area contributed by atoms with Gasteiger partial charge in [0.25, 0.3) is 0 Å². The van der Waals surface area contributed by atoms with Crippen molar-refractivity contribution in [1.82, 2.24) is 15.5 Å². The van der Waals surface area contributed by atoms with E-state index in [0.29, 0.717) is 11.8 Å². The van der Waals surface area contributed by atoms with E-state index < -0.39 is 18.6 Å². The number of nitrogens with zero attached hydrogens (tertiary/aromatic N) is 1. The third-order valence-electron chi connectivity index (χ3n) is 4.34. The highest BCUT2D eigenvalue weighted by molar-refractivity contribution is 5.78. The smallest absolute Gasteiger partial charge is 0.346 e. The largest absolute Gasteiger partial charge is 0.405 e. The fourth-order valence-corrected chi connectivity index (χ4v) is 3.20. The highest BCUT2D eigenvalue weighted by Crippen LogP contribution is 2.40. The zero-order chi connectivity index (χ0) is 14.3. The Morgan fingerprint density at radius 2 is 2.11 bits per heavy atom. The number of halogens is 3. The lowest BCUT2D eigenvalue weighted by atomic mass is 9.85. The highest BCUT2D eigenvalue weighted by Gasteiger charge is 2.49. The van der Waals surface area contributed by atoms with Gasteiger partial charge in [-0.25, -0.2) is 0 Å². The Kier molecular flexibility index (Phi) is 3.79. The molecule has 4 nitrogen and oxygen atoms in total. The van der Waals surface area contributed by atoms with Gasteiger partial charge in [-0.2, -0.15) is 13.2 Å². The van der Waals surface area contributed by atoms with Crippen LogP contribution in [0, 0.1) is 11.8 Å². The second kappa shape index (κ2) is 4.94. The van der Waals surface area contributed by atoms with E-state index >= 15 is 0 Å². The third kappa shape index (κ3) is 3.20. The van der Waals surface area contributed by atoms with E-state index in [1.54, 1.807) is 0 Å². The molecule has 0 radical (unpaired) electrons. The molecule has 2 atom stereocenters. The van der Waals surface area contributed by atoms with E-state index in [4.69, 9.17) is 0 Å². The van der Waals surface area contributed by atoms with Gasteiger partial charge in [0.15, 0.2) is 0 Å². The molecule has 2 saturated heterocycles. The van der Waals surface area contributed by atoms with Crippen LogP contribution < -0.4 is 10.6 Å². The van der Waals surface area contributed by atoms with Crippen LogP contribution in [0.2, 0.25) is 0 Å². The predicted molar refractivity (Wildman–Crippen MR) is 64.6 cm³/mol.